The van der Waals surface area contributed by atoms with E-state index in [2.05, 4.69) is 12.2 Å². The molecule has 0 atom stereocenters. The first-order valence-corrected chi connectivity index (χ1v) is 7.17. The van der Waals surface area contributed by atoms with Crippen LogP contribution in [-0.2, 0) is 6.54 Å². The van der Waals surface area contributed by atoms with Crippen LogP contribution in [0.3, 0.4) is 0 Å². The third-order valence-corrected chi connectivity index (χ3v) is 4.17. The molecule has 0 aromatic heterocycles. The van der Waals surface area contributed by atoms with Crippen LogP contribution in [0.1, 0.15) is 38.2 Å². The van der Waals surface area contributed by atoms with Gasteiger partial charge in [-0.15, -0.1) is 0 Å². The normalized spacial score (nSPS) is 24.2. The minimum atomic E-state index is -0.346. The zero-order valence-corrected chi connectivity index (χ0v) is 11.6. The van der Waals surface area contributed by atoms with E-state index in [0.717, 1.165) is 30.5 Å². The molecular weight excluding hydrogens is 249 g/mol. The van der Waals surface area contributed by atoms with Crippen LogP contribution in [0.5, 0.6) is 0 Å². The van der Waals surface area contributed by atoms with Crippen molar-refractivity contribution < 1.29 is 4.39 Å². The van der Waals surface area contributed by atoms with Crippen molar-refractivity contribution in [1.82, 2.24) is 5.32 Å². The van der Waals surface area contributed by atoms with Crippen LogP contribution < -0.4 is 5.32 Å². The van der Waals surface area contributed by atoms with Gasteiger partial charge in [0, 0.05) is 6.54 Å². The molecule has 0 unspecified atom stereocenters. The predicted molar refractivity (Wildman–Crippen MR) is 74.2 cm³/mol. The van der Waals surface area contributed by atoms with E-state index in [0.29, 0.717) is 0 Å². The summed E-state index contributed by atoms with van der Waals surface area (Å²) in [5.74, 6) is 1.36. The van der Waals surface area contributed by atoms with Gasteiger partial charge in [0.05, 0.1) is 5.02 Å². The zero-order valence-electron chi connectivity index (χ0n) is 10.9. The lowest BCUT2D eigenvalue weighted by Crippen LogP contribution is -2.25. The monoisotopic (exact) mass is 269 g/mol. The Hall–Kier alpha value is -0.600. The fourth-order valence-electron chi connectivity index (χ4n) is 2.60. The van der Waals surface area contributed by atoms with E-state index >= 15 is 0 Å². The Morgan fingerprint density at radius 2 is 2.00 bits per heavy atom. The van der Waals surface area contributed by atoms with Crippen molar-refractivity contribution in [3.63, 3.8) is 0 Å². The molecule has 1 aliphatic rings. The summed E-state index contributed by atoms with van der Waals surface area (Å²) in [5.41, 5.74) is 1.05. The molecule has 1 nitrogen and oxygen atoms in total. The van der Waals surface area contributed by atoms with Crippen molar-refractivity contribution in [1.29, 1.82) is 0 Å². The van der Waals surface area contributed by atoms with E-state index in [-0.39, 0.29) is 10.8 Å². The second-order valence-corrected chi connectivity index (χ2v) is 5.91. The molecule has 0 radical (unpaired) electrons. The van der Waals surface area contributed by atoms with E-state index in [4.69, 9.17) is 11.6 Å². The Balaban J connectivity index is 1.73. The lowest BCUT2D eigenvalue weighted by molar-refractivity contribution is 0.281. The van der Waals surface area contributed by atoms with Gasteiger partial charge in [-0.2, -0.15) is 0 Å². The second-order valence-electron chi connectivity index (χ2n) is 5.51. The summed E-state index contributed by atoms with van der Waals surface area (Å²) in [7, 11) is 0. The Bertz CT molecular complexity index is 386. The Morgan fingerprint density at radius 1 is 1.28 bits per heavy atom. The van der Waals surface area contributed by atoms with E-state index in [1.54, 1.807) is 12.1 Å². The third kappa shape index (κ3) is 3.96. The molecule has 1 aliphatic carbocycles. The topological polar surface area (TPSA) is 12.0 Å². The number of benzene rings is 1. The van der Waals surface area contributed by atoms with Gasteiger partial charge in [0.1, 0.15) is 5.82 Å². The molecule has 1 aromatic rings. The number of rotatable bonds is 4. The quantitative estimate of drug-likeness (QED) is 0.855. The summed E-state index contributed by atoms with van der Waals surface area (Å²) in [5, 5.41) is 3.66. The lowest BCUT2D eigenvalue weighted by Gasteiger charge is -2.26. The van der Waals surface area contributed by atoms with E-state index in [9.17, 15) is 4.39 Å². The summed E-state index contributed by atoms with van der Waals surface area (Å²) >= 11 is 5.75. The van der Waals surface area contributed by atoms with E-state index in [1.807, 2.05) is 0 Å². The summed E-state index contributed by atoms with van der Waals surface area (Å²) in [4.78, 5) is 0. The molecule has 1 saturated carbocycles. The highest BCUT2D eigenvalue weighted by Crippen LogP contribution is 2.27. The van der Waals surface area contributed by atoms with E-state index < -0.39 is 0 Å². The van der Waals surface area contributed by atoms with Crippen LogP contribution in [0, 0.1) is 17.7 Å². The van der Waals surface area contributed by atoms with Crippen LogP contribution in [0.25, 0.3) is 0 Å². The smallest absolute Gasteiger partial charge is 0.141 e. The fraction of sp³-hybridized carbons (Fsp3) is 0.600. The Labute approximate surface area is 114 Å². The highest BCUT2D eigenvalue weighted by atomic mass is 35.5. The van der Waals surface area contributed by atoms with E-state index in [1.165, 1.54) is 31.7 Å². The predicted octanol–water partition coefficient (Wildman–Crippen LogP) is 4.40. The Kier molecular flexibility index (Phi) is 5.02. The van der Waals surface area contributed by atoms with Gasteiger partial charge in [-0.1, -0.05) is 37.4 Å². The summed E-state index contributed by atoms with van der Waals surface area (Å²) in [6, 6.07) is 4.92. The maximum absolute atomic E-state index is 13.0. The van der Waals surface area contributed by atoms with Gasteiger partial charge in [-0.25, -0.2) is 4.39 Å². The van der Waals surface area contributed by atoms with Gasteiger partial charge in [0.2, 0.25) is 0 Å². The lowest BCUT2D eigenvalue weighted by atomic mass is 9.83. The molecular formula is C15H21ClFN. The molecule has 0 amide bonds. The van der Waals surface area contributed by atoms with Gasteiger partial charge < -0.3 is 5.32 Å². The van der Waals surface area contributed by atoms with Crippen molar-refractivity contribution in [3.8, 4) is 0 Å². The standard InChI is InChI=1S/C15H21ClFN/c1-11-2-4-12(5-3-11)9-18-10-13-6-7-15(17)14(16)8-13/h6-8,11-12,18H,2-5,9-10H2,1H3. The molecule has 1 fully saturated rings. The Morgan fingerprint density at radius 3 is 2.67 bits per heavy atom. The van der Waals surface area contributed by atoms with Gasteiger partial charge >= 0.3 is 0 Å². The third-order valence-electron chi connectivity index (χ3n) is 3.88. The van der Waals surface area contributed by atoms with Crippen molar-refractivity contribution in [3.05, 3.63) is 34.6 Å². The average Bonchev–Trinajstić information content (AvgIpc) is 2.36. The van der Waals surface area contributed by atoms with Crippen LogP contribution in [0.4, 0.5) is 4.39 Å². The maximum atomic E-state index is 13.0. The summed E-state index contributed by atoms with van der Waals surface area (Å²) in [6.45, 7) is 4.16. The molecule has 0 aliphatic heterocycles. The molecule has 2 rings (SSSR count). The molecule has 1 N–H and O–H groups in total. The molecule has 0 spiro atoms. The number of nitrogens with one attached hydrogen (secondary N) is 1. The molecule has 0 bridgehead atoms. The minimum Gasteiger partial charge on any atom is -0.312 e. The highest BCUT2D eigenvalue weighted by molar-refractivity contribution is 6.30. The highest BCUT2D eigenvalue weighted by Gasteiger charge is 2.17. The number of hydrogen-bond acceptors (Lipinski definition) is 1. The van der Waals surface area contributed by atoms with Crippen molar-refractivity contribution >= 4 is 11.6 Å². The van der Waals surface area contributed by atoms with Crippen LogP contribution in [0.2, 0.25) is 5.02 Å². The second kappa shape index (κ2) is 6.53. The van der Waals surface area contributed by atoms with Gasteiger partial charge in [0.15, 0.2) is 0 Å². The zero-order chi connectivity index (χ0) is 13.0. The molecule has 0 saturated heterocycles. The average molecular weight is 270 g/mol. The molecule has 3 heteroatoms. The molecule has 100 valence electrons. The molecule has 0 heterocycles. The van der Waals surface area contributed by atoms with Crippen LogP contribution in [0.15, 0.2) is 18.2 Å². The molecule has 1 aromatic carbocycles. The van der Waals surface area contributed by atoms with Crippen LogP contribution >= 0.6 is 11.6 Å². The maximum Gasteiger partial charge on any atom is 0.141 e. The van der Waals surface area contributed by atoms with Gasteiger partial charge in [-0.3, -0.25) is 0 Å². The SMILES string of the molecule is CC1CCC(CNCc2ccc(F)c(Cl)c2)CC1. The first-order valence-electron chi connectivity index (χ1n) is 6.80. The fourth-order valence-corrected chi connectivity index (χ4v) is 2.81. The summed E-state index contributed by atoms with van der Waals surface area (Å²) in [6.07, 6.45) is 5.38. The summed E-state index contributed by atoms with van der Waals surface area (Å²) < 4.78 is 13.0. The first-order chi connectivity index (χ1) is 8.65. The van der Waals surface area contributed by atoms with Gasteiger partial charge in [-0.05, 0) is 48.9 Å². The number of hydrogen-bond donors (Lipinski definition) is 1. The first kappa shape index (κ1) is 13.8. The molecule has 18 heavy (non-hydrogen) atoms. The van der Waals surface area contributed by atoms with Crippen molar-refractivity contribution in [2.45, 2.75) is 39.2 Å². The largest absolute Gasteiger partial charge is 0.312 e. The number of halogens is 2. The van der Waals surface area contributed by atoms with Crippen molar-refractivity contribution in [2.75, 3.05) is 6.54 Å². The van der Waals surface area contributed by atoms with Crippen molar-refractivity contribution in [2.24, 2.45) is 11.8 Å². The minimum absolute atomic E-state index is 0.209. The van der Waals surface area contributed by atoms with Gasteiger partial charge in [0.25, 0.3) is 0 Å². The van der Waals surface area contributed by atoms with Crippen LogP contribution in [-0.4, -0.2) is 6.54 Å².